The highest BCUT2D eigenvalue weighted by Crippen LogP contribution is 2.25. The smallest absolute Gasteiger partial charge is 0.195 e. The number of anilines is 1. The largest absolute Gasteiger partial charge is 0.496 e. The van der Waals surface area contributed by atoms with Gasteiger partial charge in [0.05, 0.1) is 7.11 Å². The number of nitrogen functional groups attached to an aromatic ring is 1. The van der Waals surface area contributed by atoms with Crippen molar-refractivity contribution in [3.63, 3.8) is 0 Å². The van der Waals surface area contributed by atoms with Crippen LogP contribution in [0.15, 0.2) is 36.4 Å². The van der Waals surface area contributed by atoms with Crippen LogP contribution in [-0.4, -0.2) is 12.9 Å². The molecule has 3 nitrogen and oxygen atoms in total. The summed E-state index contributed by atoms with van der Waals surface area (Å²) in [5.74, 6) is 0.634. The Balaban J connectivity index is 2.53. The van der Waals surface area contributed by atoms with Crippen LogP contribution in [0.4, 0.5) is 5.69 Å². The molecule has 0 aliphatic rings. The summed E-state index contributed by atoms with van der Waals surface area (Å²) in [6, 6.07) is 10.9. The molecule has 0 saturated carbocycles. The van der Waals surface area contributed by atoms with Gasteiger partial charge in [0.2, 0.25) is 0 Å². The third-order valence-corrected chi connectivity index (χ3v) is 3.20. The minimum absolute atomic E-state index is 0.0717. The van der Waals surface area contributed by atoms with E-state index in [2.05, 4.69) is 0 Å². The summed E-state index contributed by atoms with van der Waals surface area (Å²) in [5.41, 5.74) is 9.40. The molecular weight excluding hydrogens is 238 g/mol. The summed E-state index contributed by atoms with van der Waals surface area (Å²) in [6.07, 6.45) is 0. The maximum Gasteiger partial charge on any atom is 0.195 e. The summed E-state index contributed by atoms with van der Waals surface area (Å²) in [6.45, 7) is 3.81. The number of ether oxygens (including phenoxy) is 1. The molecule has 98 valence electrons. The van der Waals surface area contributed by atoms with E-state index in [9.17, 15) is 4.79 Å². The maximum absolute atomic E-state index is 12.6. The highest BCUT2D eigenvalue weighted by Gasteiger charge is 2.16. The molecular formula is C16H17NO2. The molecule has 3 heteroatoms. The van der Waals surface area contributed by atoms with Gasteiger partial charge in [-0.15, -0.1) is 0 Å². The van der Waals surface area contributed by atoms with Crippen molar-refractivity contribution in [1.29, 1.82) is 0 Å². The molecule has 0 spiro atoms. The standard InChI is InChI=1S/C16H17NO2/c1-10-7-8-14(17)13(9-10)16(18)12-5-4-6-15(19-3)11(12)2/h4-9H,17H2,1-3H3. The molecule has 0 atom stereocenters. The Morgan fingerprint density at radius 1 is 1.11 bits per heavy atom. The first-order valence-electron chi connectivity index (χ1n) is 6.09. The van der Waals surface area contributed by atoms with Crippen LogP contribution < -0.4 is 10.5 Å². The SMILES string of the molecule is COc1cccc(C(=O)c2cc(C)ccc2N)c1C. The second-order valence-corrected chi connectivity index (χ2v) is 4.55. The molecule has 0 fully saturated rings. The third kappa shape index (κ3) is 2.45. The second-order valence-electron chi connectivity index (χ2n) is 4.55. The molecule has 0 bridgehead atoms. The Hall–Kier alpha value is -2.29. The number of nitrogens with two attached hydrogens (primary N) is 1. The van der Waals surface area contributed by atoms with Gasteiger partial charge in [-0.3, -0.25) is 4.79 Å². The van der Waals surface area contributed by atoms with E-state index in [0.29, 0.717) is 22.6 Å². The molecule has 0 aromatic heterocycles. The highest BCUT2D eigenvalue weighted by molar-refractivity contribution is 6.13. The van der Waals surface area contributed by atoms with Gasteiger partial charge >= 0.3 is 0 Å². The van der Waals surface area contributed by atoms with Crippen LogP contribution in [0.1, 0.15) is 27.0 Å². The summed E-state index contributed by atoms with van der Waals surface area (Å²) in [7, 11) is 1.59. The zero-order valence-corrected chi connectivity index (χ0v) is 11.4. The molecule has 0 aliphatic carbocycles. The number of rotatable bonds is 3. The van der Waals surface area contributed by atoms with Crippen molar-refractivity contribution in [1.82, 2.24) is 0 Å². The van der Waals surface area contributed by atoms with Gasteiger partial charge in [0.25, 0.3) is 0 Å². The minimum Gasteiger partial charge on any atom is -0.496 e. The van der Waals surface area contributed by atoms with Crippen molar-refractivity contribution in [2.75, 3.05) is 12.8 Å². The Bertz CT molecular complexity index is 633. The van der Waals surface area contributed by atoms with E-state index in [0.717, 1.165) is 11.1 Å². The Labute approximate surface area is 113 Å². The van der Waals surface area contributed by atoms with Gasteiger partial charge in [0, 0.05) is 22.4 Å². The van der Waals surface area contributed by atoms with Crippen LogP contribution in [0, 0.1) is 13.8 Å². The summed E-state index contributed by atoms with van der Waals surface area (Å²) < 4.78 is 5.24. The predicted molar refractivity (Wildman–Crippen MR) is 76.8 cm³/mol. The summed E-state index contributed by atoms with van der Waals surface area (Å²) in [4.78, 5) is 12.6. The van der Waals surface area contributed by atoms with Crippen molar-refractivity contribution < 1.29 is 9.53 Å². The molecule has 0 heterocycles. The van der Waals surface area contributed by atoms with Gasteiger partial charge < -0.3 is 10.5 Å². The lowest BCUT2D eigenvalue weighted by molar-refractivity contribution is 0.103. The van der Waals surface area contributed by atoms with Crippen LogP contribution >= 0.6 is 0 Å². The first-order valence-corrected chi connectivity index (χ1v) is 6.09. The summed E-state index contributed by atoms with van der Waals surface area (Å²) >= 11 is 0. The Morgan fingerprint density at radius 3 is 2.53 bits per heavy atom. The molecule has 19 heavy (non-hydrogen) atoms. The van der Waals surface area contributed by atoms with E-state index in [4.69, 9.17) is 10.5 Å². The number of carbonyl (C=O) groups excluding carboxylic acids is 1. The fourth-order valence-corrected chi connectivity index (χ4v) is 2.09. The molecule has 0 unspecified atom stereocenters. The van der Waals surface area contributed by atoms with E-state index in [1.54, 1.807) is 19.2 Å². The Kier molecular flexibility index (Phi) is 3.56. The number of methoxy groups -OCH3 is 1. The molecule has 2 rings (SSSR count). The van der Waals surface area contributed by atoms with Crippen LogP contribution in [0.2, 0.25) is 0 Å². The van der Waals surface area contributed by atoms with E-state index >= 15 is 0 Å². The maximum atomic E-state index is 12.6. The monoisotopic (exact) mass is 255 g/mol. The van der Waals surface area contributed by atoms with Crippen molar-refractivity contribution in [3.05, 3.63) is 58.7 Å². The average molecular weight is 255 g/mol. The third-order valence-electron chi connectivity index (χ3n) is 3.20. The van der Waals surface area contributed by atoms with Gasteiger partial charge in [0.1, 0.15) is 5.75 Å². The lowest BCUT2D eigenvalue weighted by atomic mass is 9.96. The molecule has 0 aliphatic heterocycles. The molecule has 0 radical (unpaired) electrons. The second kappa shape index (κ2) is 5.14. The fourth-order valence-electron chi connectivity index (χ4n) is 2.09. The van der Waals surface area contributed by atoms with E-state index in [1.807, 2.05) is 38.1 Å². The van der Waals surface area contributed by atoms with Gasteiger partial charge in [-0.05, 0) is 32.0 Å². The minimum atomic E-state index is -0.0717. The van der Waals surface area contributed by atoms with E-state index < -0.39 is 0 Å². The lowest BCUT2D eigenvalue weighted by Gasteiger charge is -2.11. The Morgan fingerprint density at radius 2 is 1.84 bits per heavy atom. The topological polar surface area (TPSA) is 52.3 Å². The zero-order chi connectivity index (χ0) is 14.0. The van der Waals surface area contributed by atoms with Crippen LogP contribution in [0.5, 0.6) is 5.75 Å². The number of hydrogen-bond donors (Lipinski definition) is 1. The average Bonchev–Trinajstić information content (AvgIpc) is 2.41. The van der Waals surface area contributed by atoms with Crippen molar-refractivity contribution in [2.24, 2.45) is 0 Å². The van der Waals surface area contributed by atoms with E-state index in [-0.39, 0.29) is 5.78 Å². The zero-order valence-electron chi connectivity index (χ0n) is 11.4. The van der Waals surface area contributed by atoms with Crippen LogP contribution in [-0.2, 0) is 0 Å². The molecule has 0 saturated heterocycles. The van der Waals surface area contributed by atoms with Gasteiger partial charge in [-0.25, -0.2) is 0 Å². The predicted octanol–water partition coefficient (Wildman–Crippen LogP) is 3.13. The lowest BCUT2D eigenvalue weighted by Crippen LogP contribution is -2.08. The number of carbonyl (C=O) groups is 1. The first-order chi connectivity index (χ1) is 9.04. The molecule has 2 aromatic rings. The molecule has 2 N–H and O–H groups in total. The van der Waals surface area contributed by atoms with Gasteiger partial charge in [-0.2, -0.15) is 0 Å². The van der Waals surface area contributed by atoms with Crippen LogP contribution in [0.25, 0.3) is 0 Å². The highest BCUT2D eigenvalue weighted by atomic mass is 16.5. The van der Waals surface area contributed by atoms with Crippen molar-refractivity contribution in [2.45, 2.75) is 13.8 Å². The molecule has 2 aromatic carbocycles. The van der Waals surface area contributed by atoms with Crippen molar-refractivity contribution >= 4 is 11.5 Å². The number of ketones is 1. The summed E-state index contributed by atoms with van der Waals surface area (Å²) in [5, 5.41) is 0. The van der Waals surface area contributed by atoms with Crippen LogP contribution in [0.3, 0.4) is 0 Å². The number of benzene rings is 2. The fraction of sp³-hybridized carbons (Fsp3) is 0.188. The quantitative estimate of drug-likeness (QED) is 0.677. The van der Waals surface area contributed by atoms with Crippen molar-refractivity contribution in [3.8, 4) is 5.75 Å². The molecule has 0 amide bonds. The first kappa shape index (κ1) is 13.1. The van der Waals surface area contributed by atoms with Gasteiger partial charge in [0.15, 0.2) is 5.78 Å². The van der Waals surface area contributed by atoms with Gasteiger partial charge in [-0.1, -0.05) is 23.8 Å². The number of hydrogen-bond acceptors (Lipinski definition) is 3. The number of aryl methyl sites for hydroxylation is 1. The normalized spacial score (nSPS) is 10.3. The van der Waals surface area contributed by atoms with E-state index in [1.165, 1.54) is 0 Å².